The first-order chi connectivity index (χ1) is 14.1. The van der Waals surface area contributed by atoms with Crippen molar-refractivity contribution in [1.82, 2.24) is 20.4 Å². The van der Waals surface area contributed by atoms with Gasteiger partial charge in [-0.1, -0.05) is 24.2 Å². The lowest BCUT2D eigenvalue weighted by molar-refractivity contribution is -0.165. The highest BCUT2D eigenvalue weighted by atomic mass is 16.5. The summed E-state index contributed by atoms with van der Waals surface area (Å²) in [6, 6.07) is 7.03. The summed E-state index contributed by atoms with van der Waals surface area (Å²) in [7, 11) is 1.59. The number of aryl methyl sites for hydroxylation is 1. The van der Waals surface area contributed by atoms with Crippen molar-refractivity contribution >= 4 is 11.8 Å². The van der Waals surface area contributed by atoms with Crippen LogP contribution < -0.4 is 10.1 Å². The topological polar surface area (TPSA) is 107 Å². The molecular formula is C20H24N4O5. The van der Waals surface area contributed by atoms with Crippen molar-refractivity contribution in [3.05, 3.63) is 41.5 Å². The number of ether oxygens (including phenoxy) is 2. The van der Waals surface area contributed by atoms with Crippen molar-refractivity contribution in [2.45, 2.75) is 50.9 Å². The zero-order valence-electron chi connectivity index (χ0n) is 16.5. The van der Waals surface area contributed by atoms with Gasteiger partial charge in [0.05, 0.1) is 19.7 Å². The molecule has 1 aliphatic carbocycles. The Labute approximate surface area is 168 Å². The second-order valence-corrected chi connectivity index (χ2v) is 7.16. The van der Waals surface area contributed by atoms with Gasteiger partial charge in [-0.15, -0.1) is 0 Å². The molecule has 4 rings (SSSR count). The Morgan fingerprint density at radius 1 is 1.31 bits per heavy atom. The van der Waals surface area contributed by atoms with Crippen molar-refractivity contribution in [3.63, 3.8) is 0 Å². The quantitative estimate of drug-likeness (QED) is 0.748. The van der Waals surface area contributed by atoms with Gasteiger partial charge in [-0.25, -0.2) is 0 Å². The lowest BCUT2D eigenvalue weighted by Gasteiger charge is -2.40. The fourth-order valence-electron chi connectivity index (χ4n) is 3.54. The molecule has 154 valence electrons. The number of hydrogen-bond acceptors (Lipinski definition) is 7. The molecule has 29 heavy (non-hydrogen) atoms. The van der Waals surface area contributed by atoms with Crippen LogP contribution >= 0.6 is 0 Å². The Bertz CT molecular complexity index is 877. The van der Waals surface area contributed by atoms with Gasteiger partial charge in [0.1, 0.15) is 12.4 Å². The molecule has 2 fully saturated rings. The number of hydrogen-bond donors (Lipinski definition) is 1. The van der Waals surface area contributed by atoms with Crippen molar-refractivity contribution in [2.24, 2.45) is 0 Å². The third-order valence-electron chi connectivity index (χ3n) is 5.16. The van der Waals surface area contributed by atoms with Gasteiger partial charge in [0.15, 0.2) is 11.9 Å². The molecule has 9 nitrogen and oxygen atoms in total. The zero-order chi connectivity index (χ0) is 20.4. The largest absolute Gasteiger partial charge is 0.497 e. The molecule has 0 spiro atoms. The minimum atomic E-state index is -0.824. The van der Waals surface area contributed by atoms with Crippen LogP contribution in [0.25, 0.3) is 0 Å². The summed E-state index contributed by atoms with van der Waals surface area (Å²) in [5.74, 6) is 1.22. The number of nitrogens with zero attached hydrogens (tertiary/aromatic N) is 3. The number of rotatable bonds is 7. The Kier molecular flexibility index (Phi) is 5.48. The number of amides is 2. The molecule has 2 aromatic rings. The van der Waals surface area contributed by atoms with E-state index < -0.39 is 12.1 Å². The molecule has 0 bridgehead atoms. The maximum Gasteiger partial charge on any atom is 0.252 e. The number of benzene rings is 1. The average molecular weight is 400 g/mol. The molecule has 1 saturated carbocycles. The second-order valence-electron chi connectivity index (χ2n) is 7.16. The minimum absolute atomic E-state index is 0.0955. The molecule has 2 amide bonds. The molecule has 2 aliphatic rings. The van der Waals surface area contributed by atoms with E-state index in [1.165, 1.54) is 0 Å². The molecule has 1 saturated heterocycles. The van der Waals surface area contributed by atoms with Gasteiger partial charge in [0.2, 0.25) is 11.8 Å². The highest BCUT2D eigenvalue weighted by Gasteiger charge is 2.47. The summed E-state index contributed by atoms with van der Waals surface area (Å²) < 4.78 is 16.0. The molecule has 1 aromatic carbocycles. The molecule has 9 heteroatoms. The van der Waals surface area contributed by atoms with Gasteiger partial charge < -0.3 is 24.2 Å². The first kappa shape index (κ1) is 19.4. The van der Waals surface area contributed by atoms with Crippen molar-refractivity contribution in [1.29, 1.82) is 0 Å². The van der Waals surface area contributed by atoms with Gasteiger partial charge in [0.25, 0.3) is 5.91 Å². The van der Waals surface area contributed by atoms with Crippen LogP contribution in [0.4, 0.5) is 0 Å². The summed E-state index contributed by atoms with van der Waals surface area (Å²) in [6.45, 7) is 1.92. The van der Waals surface area contributed by atoms with Crippen LogP contribution in [0.1, 0.15) is 43.1 Å². The highest BCUT2D eigenvalue weighted by Crippen LogP contribution is 2.39. The van der Waals surface area contributed by atoms with Crippen LogP contribution in [0, 0.1) is 0 Å². The normalized spacial score (nSPS) is 21.9. The highest BCUT2D eigenvalue weighted by molar-refractivity contribution is 5.86. The van der Waals surface area contributed by atoms with Gasteiger partial charge in [0, 0.05) is 12.5 Å². The molecular weight excluding hydrogens is 376 g/mol. The molecule has 2 atom stereocenters. The van der Waals surface area contributed by atoms with Crippen LogP contribution in [0.2, 0.25) is 0 Å². The van der Waals surface area contributed by atoms with Gasteiger partial charge >= 0.3 is 0 Å². The van der Waals surface area contributed by atoms with Gasteiger partial charge in [-0.05, 0) is 30.5 Å². The fraction of sp³-hybridized carbons (Fsp3) is 0.500. The predicted octanol–water partition coefficient (Wildman–Crippen LogP) is 1.39. The van der Waals surface area contributed by atoms with Crippen molar-refractivity contribution < 1.29 is 23.6 Å². The lowest BCUT2D eigenvalue weighted by Crippen LogP contribution is -2.55. The monoisotopic (exact) mass is 400 g/mol. The van der Waals surface area contributed by atoms with Crippen LogP contribution in [0.3, 0.4) is 0 Å². The van der Waals surface area contributed by atoms with E-state index in [-0.39, 0.29) is 31.0 Å². The van der Waals surface area contributed by atoms with E-state index in [1.54, 1.807) is 12.0 Å². The van der Waals surface area contributed by atoms with E-state index in [4.69, 9.17) is 14.0 Å². The van der Waals surface area contributed by atoms with Crippen molar-refractivity contribution in [2.75, 3.05) is 13.7 Å². The van der Waals surface area contributed by atoms with E-state index in [1.807, 2.05) is 31.2 Å². The Balaban J connectivity index is 1.55. The summed E-state index contributed by atoms with van der Waals surface area (Å²) in [5, 5.41) is 6.62. The van der Waals surface area contributed by atoms with E-state index >= 15 is 0 Å². The SMILES string of the molecule is CCc1noc(CNC(=O)[C@H]2OCC(=O)N(C3CC3)[C@@H]2c2ccc(OC)cc2)n1. The maximum absolute atomic E-state index is 13.0. The van der Waals surface area contributed by atoms with E-state index in [0.29, 0.717) is 23.9 Å². The summed E-state index contributed by atoms with van der Waals surface area (Å²) in [6.07, 6.45) is 1.71. The third kappa shape index (κ3) is 4.09. The first-order valence-corrected chi connectivity index (χ1v) is 9.76. The lowest BCUT2D eigenvalue weighted by atomic mass is 9.96. The predicted molar refractivity (Wildman–Crippen MR) is 101 cm³/mol. The standard InChI is InChI=1S/C20H24N4O5/c1-3-15-22-16(29-23-15)10-21-20(26)19-18(12-4-8-14(27-2)9-5-12)24(13-6-7-13)17(25)11-28-19/h4-5,8-9,13,18-19H,3,6-7,10-11H2,1-2H3,(H,21,26)/t18-,19+/m1/s1. The number of methoxy groups -OCH3 is 1. The fourth-order valence-corrected chi connectivity index (χ4v) is 3.54. The van der Waals surface area contributed by atoms with Crippen LogP contribution in [0.15, 0.2) is 28.8 Å². The van der Waals surface area contributed by atoms with E-state index in [0.717, 1.165) is 18.4 Å². The molecule has 1 aliphatic heterocycles. The smallest absolute Gasteiger partial charge is 0.252 e. The minimum Gasteiger partial charge on any atom is -0.497 e. The summed E-state index contributed by atoms with van der Waals surface area (Å²) >= 11 is 0. The second kappa shape index (κ2) is 8.20. The maximum atomic E-state index is 13.0. The van der Waals surface area contributed by atoms with Gasteiger partial charge in [-0.2, -0.15) is 4.98 Å². The van der Waals surface area contributed by atoms with Crippen molar-refractivity contribution in [3.8, 4) is 5.75 Å². The van der Waals surface area contributed by atoms with Crippen LogP contribution in [-0.4, -0.2) is 52.7 Å². The Hall–Kier alpha value is -2.94. The van der Waals surface area contributed by atoms with Crippen LogP contribution in [-0.2, 0) is 27.3 Å². The van der Waals surface area contributed by atoms with Crippen LogP contribution in [0.5, 0.6) is 5.75 Å². The van der Waals surface area contributed by atoms with Gasteiger partial charge in [-0.3, -0.25) is 9.59 Å². The average Bonchev–Trinajstić information content (AvgIpc) is 3.48. The first-order valence-electron chi connectivity index (χ1n) is 9.76. The molecule has 0 unspecified atom stereocenters. The summed E-state index contributed by atoms with van der Waals surface area (Å²) in [4.78, 5) is 31.5. The number of aromatic nitrogens is 2. The van der Waals surface area contributed by atoms with E-state index in [9.17, 15) is 9.59 Å². The molecule has 1 N–H and O–H groups in total. The number of morpholine rings is 1. The number of nitrogens with one attached hydrogen (secondary N) is 1. The summed E-state index contributed by atoms with van der Waals surface area (Å²) in [5.41, 5.74) is 0.831. The molecule has 2 heterocycles. The zero-order valence-corrected chi connectivity index (χ0v) is 16.5. The Morgan fingerprint density at radius 3 is 2.69 bits per heavy atom. The molecule has 0 radical (unpaired) electrons. The number of carbonyl (C=O) groups excluding carboxylic acids is 2. The third-order valence-corrected chi connectivity index (χ3v) is 5.16. The number of carbonyl (C=O) groups is 2. The van der Waals surface area contributed by atoms with E-state index in [2.05, 4.69) is 15.5 Å². The molecule has 1 aromatic heterocycles. The Morgan fingerprint density at radius 2 is 2.07 bits per heavy atom.